The lowest BCUT2D eigenvalue weighted by molar-refractivity contribution is 0.332. The largest absolute Gasteiger partial charge is 0.311 e. The second kappa shape index (κ2) is 16.7. The van der Waals surface area contributed by atoms with Crippen LogP contribution in [0.5, 0.6) is 0 Å². The summed E-state index contributed by atoms with van der Waals surface area (Å²) in [4.78, 5) is 7.37. The van der Waals surface area contributed by atoms with Gasteiger partial charge in [-0.1, -0.05) is 155 Å². The van der Waals surface area contributed by atoms with E-state index < -0.39 is 6.85 Å². The Kier molecular flexibility index (Phi) is 10.0. The number of benzene rings is 8. The van der Waals surface area contributed by atoms with Gasteiger partial charge in [-0.3, -0.25) is 0 Å². The van der Waals surface area contributed by atoms with Crippen molar-refractivity contribution in [3.05, 3.63) is 190 Å². The van der Waals surface area contributed by atoms with E-state index in [2.05, 4.69) is 238 Å². The lowest BCUT2D eigenvalue weighted by Gasteiger charge is -2.48. The van der Waals surface area contributed by atoms with Gasteiger partial charge in [0.15, 0.2) is 0 Å². The van der Waals surface area contributed by atoms with Gasteiger partial charge in [0.2, 0.25) is 0 Å². The van der Waals surface area contributed by atoms with E-state index in [0.29, 0.717) is 5.56 Å². The van der Waals surface area contributed by atoms with E-state index in [4.69, 9.17) is 0 Å². The van der Waals surface area contributed by atoms with Crippen molar-refractivity contribution in [1.82, 2.24) is 0 Å². The maximum absolute atomic E-state index is 9.39. The van der Waals surface area contributed by atoms with Gasteiger partial charge in [0.25, 0.3) is 6.71 Å². The van der Waals surface area contributed by atoms with E-state index in [-0.39, 0.29) is 33.8 Å². The molecule has 4 aliphatic rings. The van der Waals surface area contributed by atoms with Crippen LogP contribution >= 0.6 is 11.3 Å². The van der Waals surface area contributed by atoms with Crippen LogP contribution in [0.4, 0.5) is 51.2 Å². The highest BCUT2D eigenvalue weighted by Crippen LogP contribution is 2.54. The predicted octanol–water partition coefficient (Wildman–Crippen LogP) is 18.5. The lowest BCUT2D eigenvalue weighted by atomic mass is 9.33. The highest BCUT2D eigenvalue weighted by molar-refractivity contribution is 7.26. The third-order valence-corrected chi connectivity index (χ3v) is 19.9. The zero-order valence-corrected chi connectivity index (χ0v) is 47.8. The molecule has 1 aromatic heterocycles. The molecule has 382 valence electrons. The maximum atomic E-state index is 9.39. The summed E-state index contributed by atoms with van der Waals surface area (Å²) in [6.45, 7) is 28.0. The van der Waals surface area contributed by atoms with E-state index in [9.17, 15) is 4.11 Å². The molecule has 0 atom stereocenters. The quantitative estimate of drug-likeness (QED) is 0.159. The van der Waals surface area contributed by atoms with Gasteiger partial charge in [0.05, 0.1) is 10.4 Å². The van der Waals surface area contributed by atoms with Crippen molar-refractivity contribution < 1.29 is 4.11 Å². The minimum Gasteiger partial charge on any atom is -0.311 e. The third-order valence-electron chi connectivity index (χ3n) is 18.7. The number of thiophene rings is 1. The van der Waals surface area contributed by atoms with E-state index >= 15 is 0 Å². The Morgan fingerprint density at radius 2 is 1.11 bits per heavy atom. The molecule has 13 rings (SSSR count). The smallest absolute Gasteiger partial charge is 0.252 e. The Hall–Kier alpha value is -6.56. The summed E-state index contributed by atoms with van der Waals surface area (Å²) in [5.74, 6) is 0. The second-order valence-electron chi connectivity index (χ2n) is 26.6. The highest BCUT2D eigenvalue weighted by Gasteiger charge is 2.48. The molecule has 0 radical (unpaired) electrons. The molecule has 0 fully saturated rings. The van der Waals surface area contributed by atoms with Crippen LogP contribution in [0.2, 0.25) is 0 Å². The number of hydrogen-bond donors (Lipinski definition) is 0. The normalized spacial score (nSPS) is 18.2. The van der Waals surface area contributed by atoms with Crippen molar-refractivity contribution in [1.29, 1.82) is 0 Å². The molecule has 0 saturated heterocycles. The zero-order valence-electron chi connectivity index (χ0n) is 50.0. The molecular formula is C71H74BN3S. The Balaban J connectivity index is 1.17. The fourth-order valence-corrected chi connectivity index (χ4v) is 15.1. The highest BCUT2D eigenvalue weighted by atomic mass is 32.1. The summed E-state index contributed by atoms with van der Waals surface area (Å²) >= 11 is 1.84. The van der Waals surface area contributed by atoms with E-state index in [1.165, 1.54) is 70.0 Å². The van der Waals surface area contributed by atoms with Gasteiger partial charge >= 0.3 is 0 Å². The van der Waals surface area contributed by atoms with Gasteiger partial charge in [0.1, 0.15) is 0 Å². The number of fused-ring (bicyclic) bond motifs is 9. The summed E-state index contributed by atoms with van der Waals surface area (Å²) in [5, 5.41) is 2.43. The summed E-state index contributed by atoms with van der Waals surface area (Å²) in [5.41, 5.74) is 22.4. The van der Waals surface area contributed by atoms with Crippen molar-refractivity contribution in [2.75, 3.05) is 14.7 Å². The molecule has 8 aromatic carbocycles. The summed E-state index contributed by atoms with van der Waals surface area (Å²) < 4.78 is 30.6. The molecule has 0 spiro atoms. The topological polar surface area (TPSA) is 9.72 Å². The molecule has 5 heteroatoms. The Morgan fingerprint density at radius 3 is 1.74 bits per heavy atom. The first-order valence-electron chi connectivity index (χ1n) is 29.4. The number of hydrogen-bond acceptors (Lipinski definition) is 4. The van der Waals surface area contributed by atoms with Gasteiger partial charge in [-0.25, -0.2) is 0 Å². The van der Waals surface area contributed by atoms with Crippen LogP contribution in [0.3, 0.4) is 0 Å². The number of aryl methyl sites for hydroxylation is 3. The monoisotopic (exact) mass is 1010 g/mol. The van der Waals surface area contributed by atoms with E-state index in [1.807, 2.05) is 23.5 Å². The molecule has 2 aliphatic heterocycles. The van der Waals surface area contributed by atoms with Crippen molar-refractivity contribution in [2.24, 2.45) is 0 Å². The van der Waals surface area contributed by atoms with Crippen LogP contribution in [0, 0.1) is 20.7 Å². The van der Waals surface area contributed by atoms with Crippen LogP contribution in [-0.4, -0.2) is 6.71 Å². The zero-order chi connectivity index (χ0) is 55.7. The fourth-order valence-electron chi connectivity index (χ4n) is 13.9. The van der Waals surface area contributed by atoms with Gasteiger partial charge in [-0.05, 0) is 201 Å². The van der Waals surface area contributed by atoms with Gasteiger partial charge in [-0.2, -0.15) is 0 Å². The lowest BCUT2D eigenvalue weighted by Crippen LogP contribution is -2.62. The first-order valence-corrected chi connectivity index (χ1v) is 28.7. The minimum absolute atomic E-state index is 0.0182. The molecule has 3 heterocycles. The number of anilines is 9. The van der Waals surface area contributed by atoms with Gasteiger partial charge < -0.3 is 14.7 Å². The summed E-state index contributed by atoms with van der Waals surface area (Å²) in [7, 11) is 0. The SMILES string of the molecule is [2H]C([2H])([2H])c1cc2c3c(c1)N(c1cccc4c1sc1cc(C(C)(C)C)ccc14)c1cc(N(c4ccccc4C)c4ccccc4C)ccc1B3c1cc3c(cc1N2c1ccc2c(c1)C(C)(C)CCC2(C)C)C(C)(C)CCC3(C)C. The first kappa shape index (κ1) is 45.6. The average molecular weight is 1020 g/mol. The third kappa shape index (κ3) is 7.41. The minimum atomic E-state index is -2.41. The van der Waals surface area contributed by atoms with Crippen molar-refractivity contribution in [3.63, 3.8) is 0 Å². The first-order chi connectivity index (χ1) is 37.2. The predicted molar refractivity (Wildman–Crippen MR) is 332 cm³/mol. The maximum Gasteiger partial charge on any atom is 0.252 e. The molecule has 0 unspecified atom stereocenters. The molecule has 0 N–H and O–H groups in total. The van der Waals surface area contributed by atoms with Gasteiger partial charge in [0, 0.05) is 65.1 Å². The number of rotatable bonds is 5. The van der Waals surface area contributed by atoms with Crippen LogP contribution in [0.25, 0.3) is 20.2 Å². The Bertz CT molecular complexity index is 3970. The molecular weight excluding hydrogens is 938 g/mol. The molecule has 0 saturated carbocycles. The molecule has 0 bridgehead atoms. The van der Waals surface area contributed by atoms with E-state index in [1.54, 1.807) is 0 Å². The molecule has 2 aliphatic carbocycles. The fraction of sp³-hybridized carbons (Fsp3) is 0.324. The van der Waals surface area contributed by atoms with Crippen molar-refractivity contribution in [2.45, 2.75) is 150 Å². The summed E-state index contributed by atoms with van der Waals surface area (Å²) in [6, 6.07) is 54.7. The summed E-state index contributed by atoms with van der Waals surface area (Å²) in [6.07, 6.45) is 4.40. The van der Waals surface area contributed by atoms with E-state index in [0.717, 1.165) is 82.3 Å². The molecule has 76 heavy (non-hydrogen) atoms. The van der Waals surface area contributed by atoms with Crippen molar-refractivity contribution in [3.8, 4) is 0 Å². The number of nitrogens with zero attached hydrogens (tertiary/aromatic N) is 3. The number of para-hydroxylation sites is 2. The Labute approximate surface area is 461 Å². The van der Waals surface area contributed by atoms with Crippen LogP contribution < -0.4 is 31.1 Å². The van der Waals surface area contributed by atoms with Crippen molar-refractivity contribution >= 4 is 106 Å². The van der Waals surface area contributed by atoms with Crippen LogP contribution in [0.1, 0.15) is 150 Å². The van der Waals surface area contributed by atoms with Gasteiger partial charge in [-0.15, -0.1) is 11.3 Å². The average Bonchev–Trinajstić information content (AvgIpc) is 3.60. The van der Waals surface area contributed by atoms with Crippen LogP contribution in [0.15, 0.2) is 146 Å². The molecule has 0 amide bonds. The Morgan fingerprint density at radius 1 is 0.513 bits per heavy atom. The molecule has 9 aromatic rings. The standard InChI is InChI=1S/C71H74BN3S/c1-43-36-62-65-63(37-43)75(59-25-19-22-50-49-29-26-46(67(4,5)6)38-64(49)76-66(50)59)60-40-48(73(57-23-17-15-20-44(57)2)58-24-18-16-21-45(58)3)28-31-55(60)72(65)56-41-53-54(71(13,14)35-34-70(53,11)12)42-61(56)74(62)47-27-30-51-52(39-47)69(9,10)33-32-68(51,7)8/h15-31,36-42H,32-35H2,1-14H3/i1D3. The molecule has 3 nitrogen and oxygen atoms in total. The van der Waals surface area contributed by atoms with Crippen LogP contribution in [-0.2, 0) is 27.1 Å². The second-order valence-corrected chi connectivity index (χ2v) is 27.7.